The van der Waals surface area contributed by atoms with Crippen LogP contribution in [0.3, 0.4) is 0 Å². The molecule has 4 rings (SSSR count). The number of rotatable bonds is 1. The number of fused-ring (bicyclic) bond motifs is 2. The third-order valence-electron chi connectivity index (χ3n) is 4.28. The van der Waals surface area contributed by atoms with Crippen LogP contribution >= 0.6 is 15.9 Å². The number of ether oxygens (including phenoxy) is 2. The highest BCUT2D eigenvalue weighted by Gasteiger charge is 2.25. The zero-order chi connectivity index (χ0) is 15.8. The average Bonchev–Trinajstić information content (AvgIpc) is 2.60. The van der Waals surface area contributed by atoms with Crippen LogP contribution in [-0.2, 0) is 13.0 Å². The van der Waals surface area contributed by atoms with Crippen molar-refractivity contribution in [1.82, 2.24) is 4.90 Å². The van der Waals surface area contributed by atoms with Gasteiger partial charge in [0.1, 0.15) is 13.2 Å². The Hall–Kier alpha value is -2.01. The Labute approximate surface area is 143 Å². The summed E-state index contributed by atoms with van der Waals surface area (Å²) in [7, 11) is 0. The van der Waals surface area contributed by atoms with E-state index in [-0.39, 0.29) is 5.91 Å². The SMILES string of the molecule is O=C(c1cc2c(cc1Br)OCCO2)N1CCc2ccccc2C1. The quantitative estimate of drug-likeness (QED) is 0.768. The summed E-state index contributed by atoms with van der Waals surface area (Å²) in [6, 6.07) is 11.9. The van der Waals surface area contributed by atoms with Gasteiger partial charge in [0.15, 0.2) is 11.5 Å². The fourth-order valence-electron chi connectivity index (χ4n) is 3.07. The molecule has 5 heteroatoms. The molecule has 2 aromatic carbocycles. The lowest BCUT2D eigenvalue weighted by molar-refractivity contribution is 0.0732. The Bertz CT molecular complexity index is 775. The lowest BCUT2D eigenvalue weighted by Crippen LogP contribution is -2.36. The van der Waals surface area contributed by atoms with E-state index in [0.29, 0.717) is 36.8 Å². The highest BCUT2D eigenvalue weighted by Crippen LogP contribution is 2.36. The zero-order valence-electron chi connectivity index (χ0n) is 12.5. The van der Waals surface area contributed by atoms with Crippen LogP contribution in [0.1, 0.15) is 21.5 Å². The Morgan fingerprint density at radius 2 is 1.74 bits per heavy atom. The first kappa shape index (κ1) is 14.6. The molecule has 0 aliphatic carbocycles. The van der Waals surface area contributed by atoms with E-state index in [4.69, 9.17) is 9.47 Å². The van der Waals surface area contributed by atoms with E-state index in [2.05, 4.69) is 28.1 Å². The minimum Gasteiger partial charge on any atom is -0.486 e. The highest BCUT2D eigenvalue weighted by molar-refractivity contribution is 9.10. The predicted molar refractivity (Wildman–Crippen MR) is 90.0 cm³/mol. The molecule has 2 aromatic rings. The minimum absolute atomic E-state index is 0.0170. The molecule has 0 saturated heterocycles. The Morgan fingerprint density at radius 3 is 2.52 bits per heavy atom. The molecule has 0 N–H and O–H groups in total. The normalized spacial score (nSPS) is 16.0. The molecule has 0 bridgehead atoms. The fraction of sp³-hybridized carbons (Fsp3) is 0.278. The first-order valence-electron chi connectivity index (χ1n) is 7.67. The van der Waals surface area contributed by atoms with Crippen molar-refractivity contribution in [2.45, 2.75) is 13.0 Å². The van der Waals surface area contributed by atoms with Gasteiger partial charge in [-0.1, -0.05) is 24.3 Å². The van der Waals surface area contributed by atoms with Gasteiger partial charge in [-0.2, -0.15) is 0 Å². The van der Waals surface area contributed by atoms with Crippen LogP contribution in [0.5, 0.6) is 11.5 Å². The van der Waals surface area contributed by atoms with Crippen LogP contribution < -0.4 is 9.47 Å². The number of halogens is 1. The van der Waals surface area contributed by atoms with E-state index >= 15 is 0 Å². The van der Waals surface area contributed by atoms with E-state index in [1.807, 2.05) is 23.1 Å². The molecule has 0 saturated carbocycles. The van der Waals surface area contributed by atoms with Crippen molar-refractivity contribution in [3.63, 3.8) is 0 Å². The topological polar surface area (TPSA) is 38.8 Å². The third kappa shape index (κ3) is 2.70. The van der Waals surface area contributed by atoms with Crippen molar-refractivity contribution in [1.29, 1.82) is 0 Å². The summed E-state index contributed by atoms with van der Waals surface area (Å²) in [5.41, 5.74) is 3.17. The first-order chi connectivity index (χ1) is 11.2. The third-order valence-corrected chi connectivity index (χ3v) is 4.94. The van der Waals surface area contributed by atoms with Crippen LogP contribution in [0, 0.1) is 0 Å². The van der Waals surface area contributed by atoms with Gasteiger partial charge >= 0.3 is 0 Å². The lowest BCUT2D eigenvalue weighted by atomic mass is 9.99. The zero-order valence-corrected chi connectivity index (χ0v) is 14.1. The van der Waals surface area contributed by atoms with Crippen LogP contribution in [0.15, 0.2) is 40.9 Å². The molecule has 2 aliphatic heterocycles. The fourth-order valence-corrected chi connectivity index (χ4v) is 3.56. The molecule has 118 valence electrons. The lowest BCUT2D eigenvalue weighted by Gasteiger charge is -2.29. The second-order valence-electron chi connectivity index (χ2n) is 5.72. The second-order valence-corrected chi connectivity index (χ2v) is 6.58. The smallest absolute Gasteiger partial charge is 0.255 e. The molecule has 0 unspecified atom stereocenters. The van der Waals surface area contributed by atoms with Crippen molar-refractivity contribution < 1.29 is 14.3 Å². The molecule has 2 aliphatic rings. The summed E-state index contributed by atoms with van der Waals surface area (Å²) in [4.78, 5) is 14.8. The molecule has 0 spiro atoms. The summed E-state index contributed by atoms with van der Waals surface area (Å²) in [5, 5.41) is 0. The van der Waals surface area contributed by atoms with Gasteiger partial charge in [-0.15, -0.1) is 0 Å². The summed E-state index contributed by atoms with van der Waals surface area (Å²) in [5.74, 6) is 1.34. The van der Waals surface area contributed by atoms with Crippen LogP contribution in [-0.4, -0.2) is 30.6 Å². The second kappa shape index (κ2) is 5.89. The average molecular weight is 374 g/mol. The van der Waals surface area contributed by atoms with Crippen molar-refractivity contribution >= 4 is 21.8 Å². The molecule has 0 radical (unpaired) electrons. The van der Waals surface area contributed by atoms with Gasteiger partial charge in [0.2, 0.25) is 0 Å². The van der Waals surface area contributed by atoms with Gasteiger partial charge in [0, 0.05) is 17.6 Å². The van der Waals surface area contributed by atoms with Crippen LogP contribution in [0.2, 0.25) is 0 Å². The summed E-state index contributed by atoms with van der Waals surface area (Å²) >= 11 is 3.49. The molecule has 0 fully saturated rings. The summed E-state index contributed by atoms with van der Waals surface area (Å²) in [6.45, 7) is 2.43. The molecular weight excluding hydrogens is 358 g/mol. The molecule has 2 heterocycles. The molecular formula is C18H16BrNO3. The molecule has 23 heavy (non-hydrogen) atoms. The Kier molecular flexibility index (Phi) is 3.73. The predicted octanol–water partition coefficient (Wildman–Crippen LogP) is 3.42. The number of carbonyl (C=O) groups is 1. The molecule has 1 amide bonds. The Morgan fingerprint density at radius 1 is 1.04 bits per heavy atom. The van der Waals surface area contributed by atoms with E-state index in [9.17, 15) is 4.79 Å². The number of amides is 1. The van der Waals surface area contributed by atoms with Crippen LogP contribution in [0.4, 0.5) is 0 Å². The largest absolute Gasteiger partial charge is 0.486 e. The van der Waals surface area contributed by atoms with Gasteiger partial charge in [0.05, 0.1) is 5.56 Å². The number of benzene rings is 2. The number of nitrogens with zero attached hydrogens (tertiary/aromatic N) is 1. The number of hydrogen-bond donors (Lipinski definition) is 0. The summed E-state index contributed by atoms with van der Waals surface area (Å²) < 4.78 is 11.9. The van der Waals surface area contributed by atoms with Gasteiger partial charge in [-0.05, 0) is 45.6 Å². The van der Waals surface area contributed by atoms with E-state index in [1.54, 1.807) is 6.07 Å². The van der Waals surface area contributed by atoms with E-state index in [1.165, 1.54) is 11.1 Å². The Balaban J connectivity index is 1.63. The standard InChI is InChI=1S/C18H16BrNO3/c19-15-10-17-16(22-7-8-23-17)9-14(15)18(21)20-6-5-12-3-1-2-4-13(12)11-20/h1-4,9-10H,5-8,11H2. The van der Waals surface area contributed by atoms with E-state index in [0.717, 1.165) is 17.4 Å². The maximum atomic E-state index is 12.9. The summed E-state index contributed by atoms with van der Waals surface area (Å²) in [6.07, 6.45) is 0.893. The van der Waals surface area contributed by atoms with Gasteiger partial charge in [0.25, 0.3) is 5.91 Å². The minimum atomic E-state index is 0.0170. The highest BCUT2D eigenvalue weighted by atomic mass is 79.9. The van der Waals surface area contributed by atoms with Crippen molar-refractivity contribution in [2.24, 2.45) is 0 Å². The van der Waals surface area contributed by atoms with Gasteiger partial charge in [-0.3, -0.25) is 4.79 Å². The first-order valence-corrected chi connectivity index (χ1v) is 8.47. The number of hydrogen-bond acceptors (Lipinski definition) is 3. The van der Waals surface area contributed by atoms with Crippen molar-refractivity contribution in [3.05, 3.63) is 57.6 Å². The monoisotopic (exact) mass is 373 g/mol. The number of carbonyl (C=O) groups excluding carboxylic acids is 1. The van der Waals surface area contributed by atoms with Crippen LogP contribution in [0.25, 0.3) is 0 Å². The van der Waals surface area contributed by atoms with Gasteiger partial charge in [-0.25, -0.2) is 0 Å². The molecule has 0 atom stereocenters. The van der Waals surface area contributed by atoms with Crippen molar-refractivity contribution in [3.8, 4) is 11.5 Å². The molecule has 0 aromatic heterocycles. The van der Waals surface area contributed by atoms with E-state index < -0.39 is 0 Å². The maximum Gasteiger partial charge on any atom is 0.255 e. The molecule has 4 nitrogen and oxygen atoms in total. The maximum absolute atomic E-state index is 12.9. The van der Waals surface area contributed by atoms with Crippen molar-refractivity contribution in [2.75, 3.05) is 19.8 Å². The van der Waals surface area contributed by atoms with Gasteiger partial charge < -0.3 is 14.4 Å².